The number of hydrogen-bond donors (Lipinski definition) is 3. The topological polar surface area (TPSA) is 109 Å². The predicted octanol–water partition coefficient (Wildman–Crippen LogP) is 0.125. The van der Waals surface area contributed by atoms with E-state index in [1.54, 1.807) is 0 Å². The highest BCUT2D eigenvalue weighted by Gasteiger charge is 2.21. The van der Waals surface area contributed by atoms with Gasteiger partial charge >= 0.3 is 5.97 Å². The van der Waals surface area contributed by atoms with Crippen molar-refractivity contribution >= 4 is 29.1 Å². The molecule has 1 heterocycles. The fourth-order valence-corrected chi connectivity index (χ4v) is 2.07. The van der Waals surface area contributed by atoms with Gasteiger partial charge in [-0.2, -0.15) is 0 Å². The number of rotatable bonds is 7. The lowest BCUT2D eigenvalue weighted by atomic mass is 10.2. The van der Waals surface area contributed by atoms with E-state index < -0.39 is 30.2 Å². The first kappa shape index (κ1) is 14.2. The summed E-state index contributed by atoms with van der Waals surface area (Å²) in [6.45, 7) is 0. The van der Waals surface area contributed by atoms with Crippen molar-refractivity contribution in [2.24, 2.45) is 5.73 Å². The van der Waals surface area contributed by atoms with Gasteiger partial charge in [0.2, 0.25) is 11.8 Å². The fourth-order valence-electron chi connectivity index (χ4n) is 1.36. The number of thiophene rings is 1. The van der Waals surface area contributed by atoms with E-state index in [1.165, 1.54) is 11.3 Å². The van der Waals surface area contributed by atoms with E-state index in [9.17, 15) is 14.4 Å². The highest BCUT2D eigenvalue weighted by molar-refractivity contribution is 7.09. The molecule has 0 spiro atoms. The number of hydrogen-bond acceptors (Lipinski definition) is 4. The quantitative estimate of drug-likeness (QED) is 0.654. The molecule has 1 rings (SSSR count). The zero-order valence-electron chi connectivity index (χ0n) is 9.59. The van der Waals surface area contributed by atoms with Crippen molar-refractivity contribution in [3.63, 3.8) is 0 Å². The molecule has 98 valence electrons. The van der Waals surface area contributed by atoms with Crippen LogP contribution in [0.25, 0.3) is 0 Å². The lowest BCUT2D eigenvalue weighted by molar-refractivity contribution is -0.143. The van der Waals surface area contributed by atoms with Gasteiger partial charge in [0.15, 0.2) is 0 Å². The van der Waals surface area contributed by atoms with Crippen LogP contribution in [0.4, 0.5) is 0 Å². The van der Waals surface area contributed by atoms with E-state index in [0.717, 1.165) is 4.88 Å². The van der Waals surface area contributed by atoms with Gasteiger partial charge in [-0.15, -0.1) is 11.3 Å². The van der Waals surface area contributed by atoms with Crippen molar-refractivity contribution in [1.29, 1.82) is 0 Å². The maximum Gasteiger partial charge on any atom is 0.326 e. The second-order valence-corrected chi connectivity index (χ2v) is 4.74. The van der Waals surface area contributed by atoms with E-state index in [4.69, 9.17) is 10.8 Å². The summed E-state index contributed by atoms with van der Waals surface area (Å²) in [5.41, 5.74) is 4.91. The SMILES string of the molecule is NC(=O)CC(NC(=O)CCc1cccs1)C(=O)O. The Kier molecular flexibility index (Phi) is 5.31. The molecule has 7 heteroatoms. The Bertz CT molecular complexity index is 430. The molecule has 1 atom stereocenters. The minimum absolute atomic E-state index is 0.184. The Hall–Kier alpha value is -1.89. The summed E-state index contributed by atoms with van der Waals surface area (Å²) in [5, 5.41) is 13.0. The number of carbonyl (C=O) groups is 3. The van der Waals surface area contributed by atoms with Crippen LogP contribution in [0.3, 0.4) is 0 Å². The van der Waals surface area contributed by atoms with Crippen LogP contribution in [0.5, 0.6) is 0 Å². The molecule has 4 N–H and O–H groups in total. The van der Waals surface area contributed by atoms with Crippen molar-refractivity contribution in [2.75, 3.05) is 0 Å². The number of aryl methyl sites for hydroxylation is 1. The first-order chi connectivity index (χ1) is 8.49. The zero-order chi connectivity index (χ0) is 13.5. The number of carboxylic acid groups (broad SMARTS) is 1. The van der Waals surface area contributed by atoms with Crippen LogP contribution in [-0.4, -0.2) is 28.9 Å². The summed E-state index contributed by atoms with van der Waals surface area (Å²) in [7, 11) is 0. The van der Waals surface area contributed by atoms with Crippen molar-refractivity contribution in [3.8, 4) is 0 Å². The predicted molar refractivity (Wildman–Crippen MR) is 66.0 cm³/mol. The molecule has 6 nitrogen and oxygen atoms in total. The summed E-state index contributed by atoms with van der Waals surface area (Å²) in [4.78, 5) is 34.0. The third-order valence-corrected chi connectivity index (χ3v) is 3.15. The Balaban J connectivity index is 2.41. The van der Waals surface area contributed by atoms with Gasteiger partial charge < -0.3 is 16.2 Å². The Morgan fingerprint density at radius 3 is 2.67 bits per heavy atom. The van der Waals surface area contributed by atoms with E-state index in [-0.39, 0.29) is 6.42 Å². The maximum absolute atomic E-state index is 11.5. The lowest BCUT2D eigenvalue weighted by Crippen LogP contribution is -2.43. The molecule has 1 unspecified atom stereocenters. The Labute approximate surface area is 108 Å². The fraction of sp³-hybridized carbons (Fsp3) is 0.364. The molecule has 18 heavy (non-hydrogen) atoms. The summed E-state index contributed by atoms with van der Waals surface area (Å²) < 4.78 is 0. The number of nitrogens with two attached hydrogens (primary N) is 1. The van der Waals surface area contributed by atoms with E-state index in [2.05, 4.69) is 5.32 Å². The number of primary amides is 1. The molecule has 0 saturated carbocycles. The normalized spacial score (nSPS) is 11.8. The van der Waals surface area contributed by atoms with Crippen molar-refractivity contribution in [3.05, 3.63) is 22.4 Å². The molecule has 0 radical (unpaired) electrons. The second kappa shape index (κ2) is 6.75. The van der Waals surface area contributed by atoms with Crippen LogP contribution in [0.15, 0.2) is 17.5 Å². The number of carbonyl (C=O) groups excluding carboxylic acids is 2. The van der Waals surface area contributed by atoms with E-state index in [0.29, 0.717) is 6.42 Å². The molecular weight excluding hydrogens is 256 g/mol. The van der Waals surface area contributed by atoms with Crippen LogP contribution >= 0.6 is 11.3 Å². The number of aliphatic carboxylic acids is 1. The third kappa shape index (κ3) is 4.96. The van der Waals surface area contributed by atoms with Gasteiger partial charge in [-0.05, 0) is 17.9 Å². The van der Waals surface area contributed by atoms with Gasteiger partial charge in [-0.1, -0.05) is 6.07 Å². The summed E-state index contributed by atoms with van der Waals surface area (Å²) in [6, 6.07) is 2.53. The third-order valence-electron chi connectivity index (χ3n) is 2.22. The summed E-state index contributed by atoms with van der Waals surface area (Å²) in [6.07, 6.45) is 0.329. The highest BCUT2D eigenvalue weighted by Crippen LogP contribution is 2.10. The number of amides is 2. The van der Waals surface area contributed by atoms with Gasteiger partial charge in [-0.25, -0.2) is 4.79 Å². The minimum atomic E-state index is -1.27. The zero-order valence-corrected chi connectivity index (χ0v) is 10.4. The van der Waals surface area contributed by atoms with Gasteiger partial charge in [0.05, 0.1) is 6.42 Å². The molecule has 1 aromatic heterocycles. The van der Waals surface area contributed by atoms with Crippen LogP contribution in [0.1, 0.15) is 17.7 Å². The highest BCUT2D eigenvalue weighted by atomic mass is 32.1. The molecule has 0 aliphatic rings. The molecule has 1 aromatic rings. The number of nitrogens with one attached hydrogen (secondary N) is 1. The first-order valence-electron chi connectivity index (χ1n) is 5.32. The molecule has 0 aromatic carbocycles. The largest absolute Gasteiger partial charge is 0.480 e. The first-order valence-corrected chi connectivity index (χ1v) is 6.20. The maximum atomic E-state index is 11.5. The van der Waals surface area contributed by atoms with E-state index >= 15 is 0 Å². The summed E-state index contributed by atoms with van der Waals surface area (Å²) >= 11 is 1.53. The van der Waals surface area contributed by atoms with Crippen LogP contribution in [0, 0.1) is 0 Å². The van der Waals surface area contributed by atoms with Crippen LogP contribution in [0.2, 0.25) is 0 Å². The van der Waals surface area contributed by atoms with Crippen LogP contribution < -0.4 is 11.1 Å². The molecule has 2 amide bonds. The van der Waals surface area contributed by atoms with Gasteiger partial charge in [-0.3, -0.25) is 9.59 Å². The number of carboxylic acids is 1. The van der Waals surface area contributed by atoms with Gasteiger partial charge in [0.25, 0.3) is 0 Å². The minimum Gasteiger partial charge on any atom is -0.480 e. The van der Waals surface area contributed by atoms with Crippen molar-refractivity contribution in [1.82, 2.24) is 5.32 Å². The average molecular weight is 270 g/mol. The molecule has 0 fully saturated rings. The van der Waals surface area contributed by atoms with Gasteiger partial charge in [0.1, 0.15) is 6.04 Å². The van der Waals surface area contributed by atoms with Crippen LogP contribution in [-0.2, 0) is 20.8 Å². The van der Waals surface area contributed by atoms with Crippen molar-refractivity contribution < 1.29 is 19.5 Å². The average Bonchev–Trinajstić information content (AvgIpc) is 2.77. The molecule has 0 bridgehead atoms. The Morgan fingerprint density at radius 1 is 1.44 bits per heavy atom. The Morgan fingerprint density at radius 2 is 2.17 bits per heavy atom. The molecule has 0 aliphatic heterocycles. The molecule has 0 aliphatic carbocycles. The standard InChI is InChI=1S/C11H14N2O4S/c12-9(14)6-8(11(16)17)13-10(15)4-3-7-2-1-5-18-7/h1-2,5,8H,3-4,6H2,(H2,12,14)(H,13,15)(H,16,17). The molecule has 0 saturated heterocycles. The van der Waals surface area contributed by atoms with E-state index in [1.807, 2.05) is 17.5 Å². The monoisotopic (exact) mass is 270 g/mol. The smallest absolute Gasteiger partial charge is 0.326 e. The van der Waals surface area contributed by atoms with Gasteiger partial charge in [0, 0.05) is 11.3 Å². The second-order valence-electron chi connectivity index (χ2n) is 3.71. The molecular formula is C11H14N2O4S. The lowest BCUT2D eigenvalue weighted by Gasteiger charge is -2.12. The summed E-state index contributed by atoms with van der Waals surface area (Å²) in [5.74, 6) is -2.43. The van der Waals surface area contributed by atoms with Crippen molar-refractivity contribution in [2.45, 2.75) is 25.3 Å².